The molecule has 10 heteroatoms. The third-order valence-electron chi connectivity index (χ3n) is 4.84. The number of halogens is 1. The summed E-state index contributed by atoms with van der Waals surface area (Å²) in [5.41, 5.74) is 1.50. The summed E-state index contributed by atoms with van der Waals surface area (Å²) < 4.78 is 3.24. The van der Waals surface area contributed by atoms with Crippen LogP contribution < -0.4 is 10.9 Å². The number of carbonyl (C=O) groups is 1. The van der Waals surface area contributed by atoms with Gasteiger partial charge in [-0.25, -0.2) is 9.97 Å². The Morgan fingerprint density at radius 1 is 1.16 bits per heavy atom. The van der Waals surface area contributed by atoms with Gasteiger partial charge in [-0.2, -0.15) is 0 Å². The van der Waals surface area contributed by atoms with Crippen LogP contribution in [0.15, 0.2) is 59.9 Å². The second-order valence-electron chi connectivity index (χ2n) is 7.45. The lowest BCUT2D eigenvalue weighted by molar-refractivity contribution is 0.102. The normalized spacial score (nSPS) is 11.0. The van der Waals surface area contributed by atoms with Crippen molar-refractivity contribution < 1.29 is 4.79 Å². The van der Waals surface area contributed by atoms with E-state index in [1.807, 2.05) is 18.4 Å². The number of amides is 1. The minimum atomic E-state index is -0.565. The topological polar surface area (TPSA) is 108 Å². The average Bonchev–Trinajstić information content (AvgIpc) is 3.27. The summed E-state index contributed by atoms with van der Waals surface area (Å²) in [4.78, 5) is 34.1. The third-order valence-corrected chi connectivity index (χ3v) is 5.06. The number of aromatic nitrogens is 6. The quantitative estimate of drug-likeness (QED) is 0.466. The molecule has 162 valence electrons. The highest BCUT2D eigenvalue weighted by atomic mass is 35.5. The molecule has 4 rings (SSSR count). The maximum atomic E-state index is 13.0. The minimum absolute atomic E-state index is 0.0162. The number of hydrogen-bond donors (Lipinski definition) is 1. The van der Waals surface area contributed by atoms with Crippen molar-refractivity contribution in [1.29, 1.82) is 0 Å². The van der Waals surface area contributed by atoms with Crippen molar-refractivity contribution in [3.8, 4) is 22.6 Å². The lowest BCUT2D eigenvalue weighted by Gasteiger charge is -2.11. The molecular weight excluding hydrogens is 430 g/mol. The van der Waals surface area contributed by atoms with Gasteiger partial charge in [0.2, 0.25) is 0 Å². The molecule has 4 aromatic rings. The van der Waals surface area contributed by atoms with Gasteiger partial charge in [-0.05, 0) is 44.2 Å². The molecule has 9 nitrogen and oxygen atoms in total. The highest BCUT2D eigenvalue weighted by Gasteiger charge is 2.17. The first-order chi connectivity index (χ1) is 15.3. The van der Waals surface area contributed by atoms with E-state index in [1.54, 1.807) is 56.1 Å². The van der Waals surface area contributed by atoms with Crippen LogP contribution in [0.1, 0.15) is 30.2 Å². The standard InChI is InChI=1S/C22H20ClN7O2/c1-13(2)30-12-25-28-20(30)17-5-4-6-19(26-17)27-21(31)16-9-15(11-29(3)22(16)32)14-7-8-18(23)24-10-14/h4-13H,1-3H3,(H,26,27,31). The number of carbonyl (C=O) groups excluding carboxylic acids is 1. The van der Waals surface area contributed by atoms with E-state index < -0.39 is 11.5 Å². The Bertz CT molecular complexity index is 1340. The number of pyridine rings is 3. The maximum absolute atomic E-state index is 13.0. The van der Waals surface area contributed by atoms with E-state index >= 15 is 0 Å². The van der Waals surface area contributed by atoms with Crippen molar-refractivity contribution in [2.45, 2.75) is 19.9 Å². The van der Waals surface area contributed by atoms with E-state index in [9.17, 15) is 9.59 Å². The van der Waals surface area contributed by atoms with Crippen LogP contribution >= 0.6 is 11.6 Å². The molecule has 0 aliphatic heterocycles. The van der Waals surface area contributed by atoms with E-state index in [2.05, 4.69) is 25.5 Å². The largest absolute Gasteiger partial charge is 0.317 e. The predicted octanol–water partition coefficient (Wildman–Crippen LogP) is 3.59. The Hall–Kier alpha value is -3.85. The molecule has 0 fully saturated rings. The number of rotatable bonds is 5. The van der Waals surface area contributed by atoms with Gasteiger partial charge in [0.15, 0.2) is 5.82 Å². The van der Waals surface area contributed by atoms with Gasteiger partial charge in [0, 0.05) is 36.6 Å². The summed E-state index contributed by atoms with van der Waals surface area (Å²) in [5, 5.41) is 11.1. The molecule has 0 saturated carbocycles. The summed E-state index contributed by atoms with van der Waals surface area (Å²) in [6.45, 7) is 4.02. The molecule has 1 N–H and O–H groups in total. The summed E-state index contributed by atoms with van der Waals surface area (Å²) in [6.07, 6.45) is 4.86. The zero-order valence-electron chi connectivity index (χ0n) is 17.7. The van der Waals surface area contributed by atoms with Gasteiger partial charge in [0.05, 0.1) is 0 Å². The van der Waals surface area contributed by atoms with Crippen LogP contribution in [0.3, 0.4) is 0 Å². The number of anilines is 1. The van der Waals surface area contributed by atoms with Crippen LogP contribution in [-0.2, 0) is 7.05 Å². The Labute approximate surface area is 188 Å². The molecule has 0 bridgehead atoms. The average molecular weight is 450 g/mol. The van der Waals surface area contributed by atoms with Crippen molar-refractivity contribution >= 4 is 23.3 Å². The Kier molecular flexibility index (Phi) is 5.83. The first-order valence-electron chi connectivity index (χ1n) is 9.84. The van der Waals surface area contributed by atoms with Crippen LogP contribution in [0.25, 0.3) is 22.6 Å². The molecular formula is C22H20ClN7O2. The van der Waals surface area contributed by atoms with E-state index in [1.165, 1.54) is 10.6 Å². The van der Waals surface area contributed by atoms with E-state index in [0.29, 0.717) is 28.1 Å². The first kappa shape index (κ1) is 21.4. The molecule has 0 aromatic carbocycles. The van der Waals surface area contributed by atoms with Gasteiger partial charge in [0.1, 0.15) is 28.6 Å². The highest BCUT2D eigenvalue weighted by molar-refractivity contribution is 6.29. The molecule has 0 saturated heterocycles. The number of aryl methyl sites for hydroxylation is 1. The first-order valence-corrected chi connectivity index (χ1v) is 10.2. The third kappa shape index (κ3) is 4.28. The predicted molar refractivity (Wildman–Crippen MR) is 122 cm³/mol. The summed E-state index contributed by atoms with van der Waals surface area (Å²) in [6, 6.07) is 10.3. The molecule has 0 spiro atoms. The van der Waals surface area contributed by atoms with Crippen molar-refractivity contribution in [3.05, 3.63) is 76.2 Å². The summed E-state index contributed by atoms with van der Waals surface area (Å²) >= 11 is 5.86. The SMILES string of the molecule is CC(C)n1cnnc1-c1cccc(NC(=O)c2cc(-c3ccc(Cl)nc3)cn(C)c2=O)n1. The van der Waals surface area contributed by atoms with Gasteiger partial charge in [-0.3, -0.25) is 9.59 Å². The van der Waals surface area contributed by atoms with Crippen LogP contribution in [0.5, 0.6) is 0 Å². The zero-order chi connectivity index (χ0) is 22.8. The van der Waals surface area contributed by atoms with Crippen LogP contribution in [-0.4, -0.2) is 35.2 Å². The van der Waals surface area contributed by atoms with Crippen molar-refractivity contribution in [2.24, 2.45) is 7.05 Å². The van der Waals surface area contributed by atoms with E-state index in [-0.39, 0.29) is 11.6 Å². The maximum Gasteiger partial charge on any atom is 0.263 e. The van der Waals surface area contributed by atoms with Gasteiger partial charge >= 0.3 is 0 Å². The van der Waals surface area contributed by atoms with Crippen LogP contribution in [0.2, 0.25) is 5.15 Å². The lowest BCUT2D eigenvalue weighted by Crippen LogP contribution is -2.27. The fraction of sp³-hybridized carbons (Fsp3) is 0.182. The molecule has 0 atom stereocenters. The number of hydrogen-bond acceptors (Lipinski definition) is 6. The van der Waals surface area contributed by atoms with Crippen LogP contribution in [0, 0.1) is 0 Å². The van der Waals surface area contributed by atoms with Crippen molar-refractivity contribution in [2.75, 3.05) is 5.32 Å². The van der Waals surface area contributed by atoms with Gasteiger partial charge in [-0.1, -0.05) is 17.7 Å². The van der Waals surface area contributed by atoms with Gasteiger partial charge in [0.25, 0.3) is 11.5 Å². The molecule has 0 aliphatic carbocycles. The fourth-order valence-electron chi connectivity index (χ4n) is 3.20. The molecule has 32 heavy (non-hydrogen) atoms. The Morgan fingerprint density at radius 3 is 2.69 bits per heavy atom. The van der Waals surface area contributed by atoms with Crippen LogP contribution in [0.4, 0.5) is 5.82 Å². The van der Waals surface area contributed by atoms with Crippen molar-refractivity contribution in [3.63, 3.8) is 0 Å². The Morgan fingerprint density at radius 2 is 1.97 bits per heavy atom. The molecule has 1 amide bonds. The fourth-order valence-corrected chi connectivity index (χ4v) is 3.31. The smallest absolute Gasteiger partial charge is 0.263 e. The number of nitrogens with zero attached hydrogens (tertiary/aromatic N) is 6. The monoisotopic (exact) mass is 449 g/mol. The molecule has 0 radical (unpaired) electrons. The minimum Gasteiger partial charge on any atom is -0.317 e. The lowest BCUT2D eigenvalue weighted by atomic mass is 10.1. The molecule has 0 aliphatic rings. The summed E-state index contributed by atoms with van der Waals surface area (Å²) in [5.74, 6) is 0.319. The van der Waals surface area contributed by atoms with Gasteiger partial charge < -0.3 is 14.5 Å². The second-order valence-corrected chi connectivity index (χ2v) is 7.83. The zero-order valence-corrected chi connectivity index (χ0v) is 18.4. The van der Waals surface area contributed by atoms with Crippen molar-refractivity contribution in [1.82, 2.24) is 29.3 Å². The second kappa shape index (κ2) is 8.72. The number of nitrogens with one attached hydrogen (secondary N) is 1. The summed E-state index contributed by atoms with van der Waals surface area (Å²) in [7, 11) is 1.59. The Balaban J connectivity index is 1.65. The van der Waals surface area contributed by atoms with Gasteiger partial charge in [-0.15, -0.1) is 10.2 Å². The molecule has 0 unspecified atom stereocenters. The van der Waals surface area contributed by atoms with E-state index in [0.717, 1.165) is 5.56 Å². The molecule has 4 aromatic heterocycles. The highest BCUT2D eigenvalue weighted by Crippen LogP contribution is 2.21. The van der Waals surface area contributed by atoms with E-state index in [4.69, 9.17) is 11.6 Å². The molecule has 4 heterocycles.